The highest BCUT2D eigenvalue weighted by atomic mass is 16.2. The van der Waals surface area contributed by atoms with Gasteiger partial charge in [0.15, 0.2) is 5.78 Å². The Labute approximate surface area is 94.0 Å². The molecule has 1 fully saturated rings. The minimum atomic E-state index is -0.403. The molecule has 2 N–H and O–H groups in total. The van der Waals surface area contributed by atoms with Crippen molar-refractivity contribution in [2.24, 2.45) is 5.73 Å². The summed E-state index contributed by atoms with van der Waals surface area (Å²) < 4.78 is 0. The first kappa shape index (κ1) is 10.8. The molecule has 1 aliphatic rings. The summed E-state index contributed by atoms with van der Waals surface area (Å²) in [5.74, 6) is -0.156. The fraction of sp³-hybridized carbons (Fsp3) is 0.333. The number of amides is 1. The quantitative estimate of drug-likeness (QED) is 0.743. The van der Waals surface area contributed by atoms with Crippen LogP contribution >= 0.6 is 0 Å². The standard InChI is InChI=1S/C12H14N2O2/c13-10-6-7-14(8-11(10)15)12(16)9-4-2-1-3-5-9/h1-5,10H,6-8,13H2. The number of piperidine rings is 1. The van der Waals surface area contributed by atoms with Crippen molar-refractivity contribution in [2.45, 2.75) is 12.5 Å². The molecule has 1 unspecified atom stereocenters. The van der Waals surface area contributed by atoms with Crippen LogP contribution in [0, 0.1) is 0 Å². The number of hydrogen-bond acceptors (Lipinski definition) is 3. The van der Waals surface area contributed by atoms with Crippen LogP contribution in [0.15, 0.2) is 30.3 Å². The minimum Gasteiger partial charge on any atom is -0.331 e. The zero-order valence-corrected chi connectivity index (χ0v) is 8.93. The van der Waals surface area contributed by atoms with E-state index in [-0.39, 0.29) is 18.2 Å². The predicted octanol–water partition coefficient (Wildman–Crippen LogP) is 0.429. The van der Waals surface area contributed by atoms with E-state index in [0.29, 0.717) is 18.5 Å². The second-order valence-electron chi connectivity index (χ2n) is 3.95. The third-order valence-corrected chi connectivity index (χ3v) is 2.78. The zero-order valence-electron chi connectivity index (χ0n) is 8.93. The summed E-state index contributed by atoms with van der Waals surface area (Å²) in [5.41, 5.74) is 6.21. The first-order valence-electron chi connectivity index (χ1n) is 5.31. The normalized spacial score (nSPS) is 20.9. The van der Waals surface area contributed by atoms with Crippen LogP contribution in [0.1, 0.15) is 16.8 Å². The van der Waals surface area contributed by atoms with Gasteiger partial charge in [-0.25, -0.2) is 0 Å². The summed E-state index contributed by atoms with van der Waals surface area (Å²) in [6, 6.07) is 8.58. The van der Waals surface area contributed by atoms with Crippen LogP contribution in [0.3, 0.4) is 0 Å². The Morgan fingerprint density at radius 3 is 2.62 bits per heavy atom. The van der Waals surface area contributed by atoms with Crippen LogP contribution in [0.2, 0.25) is 0 Å². The zero-order chi connectivity index (χ0) is 11.5. The molecule has 1 heterocycles. The van der Waals surface area contributed by atoms with Gasteiger partial charge in [-0.3, -0.25) is 9.59 Å². The number of ketones is 1. The SMILES string of the molecule is NC1CCN(C(=O)c2ccccc2)CC1=O. The van der Waals surface area contributed by atoms with Crippen molar-refractivity contribution >= 4 is 11.7 Å². The molecule has 4 heteroatoms. The molecule has 1 aliphatic heterocycles. The summed E-state index contributed by atoms with van der Waals surface area (Å²) in [4.78, 5) is 25.0. The lowest BCUT2D eigenvalue weighted by molar-refractivity contribution is -0.122. The molecule has 0 spiro atoms. The molecule has 1 amide bonds. The number of likely N-dealkylation sites (tertiary alicyclic amines) is 1. The number of carbonyl (C=O) groups excluding carboxylic acids is 2. The summed E-state index contributed by atoms with van der Waals surface area (Å²) in [7, 11) is 0. The van der Waals surface area contributed by atoms with E-state index in [1.54, 1.807) is 17.0 Å². The molecule has 1 aromatic rings. The van der Waals surface area contributed by atoms with E-state index in [2.05, 4.69) is 0 Å². The number of benzene rings is 1. The van der Waals surface area contributed by atoms with Crippen LogP contribution in [0.5, 0.6) is 0 Å². The van der Waals surface area contributed by atoms with E-state index in [0.717, 1.165) is 0 Å². The van der Waals surface area contributed by atoms with Crippen molar-refractivity contribution in [3.8, 4) is 0 Å². The largest absolute Gasteiger partial charge is 0.331 e. The Morgan fingerprint density at radius 2 is 2.00 bits per heavy atom. The summed E-state index contributed by atoms with van der Waals surface area (Å²) >= 11 is 0. The van der Waals surface area contributed by atoms with Crippen LogP contribution in [0.25, 0.3) is 0 Å². The van der Waals surface area contributed by atoms with Crippen molar-refractivity contribution in [3.63, 3.8) is 0 Å². The van der Waals surface area contributed by atoms with E-state index in [9.17, 15) is 9.59 Å². The first-order valence-corrected chi connectivity index (χ1v) is 5.31. The van der Waals surface area contributed by atoms with Crippen molar-refractivity contribution in [2.75, 3.05) is 13.1 Å². The number of carbonyl (C=O) groups is 2. The van der Waals surface area contributed by atoms with Crippen molar-refractivity contribution in [1.82, 2.24) is 4.90 Å². The van der Waals surface area contributed by atoms with Gasteiger partial charge < -0.3 is 10.6 Å². The van der Waals surface area contributed by atoms with Gasteiger partial charge in [-0.15, -0.1) is 0 Å². The van der Waals surface area contributed by atoms with Gasteiger partial charge in [0.1, 0.15) is 0 Å². The topological polar surface area (TPSA) is 63.4 Å². The fourth-order valence-corrected chi connectivity index (χ4v) is 1.78. The Morgan fingerprint density at radius 1 is 1.31 bits per heavy atom. The van der Waals surface area contributed by atoms with E-state index in [1.807, 2.05) is 18.2 Å². The minimum absolute atomic E-state index is 0.0597. The van der Waals surface area contributed by atoms with E-state index >= 15 is 0 Å². The van der Waals surface area contributed by atoms with Crippen molar-refractivity contribution < 1.29 is 9.59 Å². The second kappa shape index (κ2) is 4.45. The number of hydrogen-bond donors (Lipinski definition) is 1. The molecule has 0 saturated carbocycles. The van der Waals surface area contributed by atoms with Gasteiger partial charge in [-0.05, 0) is 18.6 Å². The summed E-state index contributed by atoms with van der Waals surface area (Å²) in [5, 5.41) is 0. The Kier molecular flexibility index (Phi) is 3.01. The second-order valence-corrected chi connectivity index (χ2v) is 3.95. The molecule has 2 rings (SSSR count). The monoisotopic (exact) mass is 218 g/mol. The smallest absolute Gasteiger partial charge is 0.254 e. The highest BCUT2D eigenvalue weighted by Crippen LogP contribution is 2.10. The number of rotatable bonds is 1. The molecule has 0 aliphatic carbocycles. The first-order chi connectivity index (χ1) is 7.68. The highest BCUT2D eigenvalue weighted by Gasteiger charge is 2.27. The molecular weight excluding hydrogens is 204 g/mol. The Hall–Kier alpha value is -1.68. The lowest BCUT2D eigenvalue weighted by atomic mass is 10.0. The van der Waals surface area contributed by atoms with Gasteiger partial charge in [-0.1, -0.05) is 18.2 Å². The molecule has 0 radical (unpaired) electrons. The molecule has 84 valence electrons. The molecule has 0 aromatic heterocycles. The van der Waals surface area contributed by atoms with Gasteiger partial charge >= 0.3 is 0 Å². The van der Waals surface area contributed by atoms with Crippen molar-refractivity contribution in [1.29, 1.82) is 0 Å². The number of nitrogens with zero attached hydrogens (tertiary/aromatic N) is 1. The van der Waals surface area contributed by atoms with E-state index < -0.39 is 6.04 Å². The Balaban J connectivity index is 2.09. The third kappa shape index (κ3) is 2.12. The van der Waals surface area contributed by atoms with Gasteiger partial charge in [-0.2, -0.15) is 0 Å². The average Bonchev–Trinajstić information content (AvgIpc) is 2.33. The molecule has 1 atom stereocenters. The predicted molar refractivity (Wildman–Crippen MR) is 59.9 cm³/mol. The maximum atomic E-state index is 12.0. The molecule has 1 aromatic carbocycles. The third-order valence-electron chi connectivity index (χ3n) is 2.78. The van der Waals surface area contributed by atoms with Gasteiger partial charge in [0.05, 0.1) is 12.6 Å². The molecule has 4 nitrogen and oxygen atoms in total. The maximum Gasteiger partial charge on any atom is 0.254 e. The molecule has 1 saturated heterocycles. The molecule has 0 bridgehead atoms. The Bertz CT molecular complexity index is 403. The van der Waals surface area contributed by atoms with Crippen molar-refractivity contribution in [3.05, 3.63) is 35.9 Å². The number of nitrogens with two attached hydrogens (primary N) is 1. The number of Topliss-reactive ketones (excluding diaryl/α,β-unsaturated/α-hetero) is 1. The molecular formula is C12H14N2O2. The summed E-state index contributed by atoms with van der Waals surface area (Å²) in [6.07, 6.45) is 0.553. The maximum absolute atomic E-state index is 12.0. The van der Waals surface area contributed by atoms with Crippen LogP contribution in [0.4, 0.5) is 0 Å². The van der Waals surface area contributed by atoms with Crippen LogP contribution in [-0.4, -0.2) is 35.7 Å². The van der Waals surface area contributed by atoms with Gasteiger partial charge in [0.2, 0.25) is 0 Å². The highest BCUT2D eigenvalue weighted by molar-refractivity contribution is 5.98. The lowest BCUT2D eigenvalue weighted by Crippen LogP contribution is -2.49. The van der Waals surface area contributed by atoms with E-state index in [4.69, 9.17) is 5.73 Å². The average molecular weight is 218 g/mol. The fourth-order valence-electron chi connectivity index (χ4n) is 1.78. The van der Waals surface area contributed by atoms with Crippen LogP contribution in [-0.2, 0) is 4.79 Å². The summed E-state index contributed by atoms with van der Waals surface area (Å²) in [6.45, 7) is 0.690. The van der Waals surface area contributed by atoms with Gasteiger partial charge in [0, 0.05) is 12.1 Å². The van der Waals surface area contributed by atoms with E-state index in [1.165, 1.54) is 0 Å². The lowest BCUT2D eigenvalue weighted by Gasteiger charge is -2.29. The van der Waals surface area contributed by atoms with Gasteiger partial charge in [0.25, 0.3) is 5.91 Å². The van der Waals surface area contributed by atoms with Crippen LogP contribution < -0.4 is 5.73 Å². The molecule has 16 heavy (non-hydrogen) atoms.